The fourth-order valence-electron chi connectivity index (χ4n) is 2.93. The number of nitrogens with one attached hydrogen (secondary N) is 1. The molecule has 0 aromatic heterocycles. The number of methoxy groups -OCH3 is 1. The molecule has 0 bridgehead atoms. The zero-order chi connectivity index (χ0) is 15.3. The van der Waals surface area contributed by atoms with E-state index in [-0.39, 0.29) is 5.91 Å². The summed E-state index contributed by atoms with van der Waals surface area (Å²) in [4.78, 5) is 12.2. The second kappa shape index (κ2) is 6.94. The van der Waals surface area contributed by atoms with E-state index in [0.717, 1.165) is 49.0 Å². The summed E-state index contributed by atoms with van der Waals surface area (Å²) in [6, 6.07) is 6.14. The quantitative estimate of drug-likeness (QED) is 0.874. The monoisotopic (exact) mass is 290 g/mol. The van der Waals surface area contributed by atoms with Crippen molar-refractivity contribution in [2.24, 2.45) is 5.73 Å². The van der Waals surface area contributed by atoms with Crippen molar-refractivity contribution in [1.82, 2.24) is 5.32 Å². The van der Waals surface area contributed by atoms with Crippen molar-refractivity contribution >= 4 is 5.91 Å². The van der Waals surface area contributed by atoms with Crippen LogP contribution in [0.3, 0.4) is 0 Å². The molecule has 0 saturated heterocycles. The summed E-state index contributed by atoms with van der Waals surface area (Å²) in [6.07, 6.45) is 5.69. The number of nitrogens with two attached hydrogens (primary N) is 1. The Balaban J connectivity index is 1.85. The van der Waals surface area contributed by atoms with Crippen LogP contribution in [0.1, 0.15) is 43.2 Å². The van der Waals surface area contributed by atoms with Crippen molar-refractivity contribution in [3.05, 3.63) is 29.3 Å². The molecule has 4 heteroatoms. The highest BCUT2D eigenvalue weighted by Crippen LogP contribution is 2.26. The van der Waals surface area contributed by atoms with Crippen molar-refractivity contribution in [2.75, 3.05) is 13.7 Å². The average molecular weight is 290 g/mol. The Morgan fingerprint density at radius 2 is 2.05 bits per heavy atom. The third-order valence-electron chi connectivity index (χ3n) is 4.37. The van der Waals surface area contributed by atoms with Gasteiger partial charge in [-0.15, -0.1) is 0 Å². The highest BCUT2D eigenvalue weighted by atomic mass is 16.5. The van der Waals surface area contributed by atoms with Gasteiger partial charge in [-0.25, -0.2) is 0 Å². The summed E-state index contributed by atoms with van der Waals surface area (Å²) in [7, 11) is 1.68. The molecule has 1 aliphatic rings. The molecule has 0 radical (unpaired) electrons. The molecule has 1 saturated carbocycles. The Morgan fingerprint density at radius 1 is 1.33 bits per heavy atom. The van der Waals surface area contributed by atoms with Gasteiger partial charge in [0.25, 0.3) is 0 Å². The average Bonchev–Trinajstić information content (AvgIpc) is 2.49. The molecule has 3 N–H and O–H groups in total. The van der Waals surface area contributed by atoms with E-state index in [1.807, 2.05) is 19.1 Å². The molecule has 0 aliphatic heterocycles. The van der Waals surface area contributed by atoms with Gasteiger partial charge in [-0.2, -0.15) is 0 Å². The first-order chi connectivity index (χ1) is 10.0. The smallest absolute Gasteiger partial charge is 0.240 e. The standard InChI is InChI=1S/C17H26N2O2/c1-13-6-7-14(12-15(13)21-2)8-11-19-16(20)17(18)9-4-3-5-10-17/h6-7,12H,3-5,8-11,18H2,1-2H3,(H,19,20). The molecular weight excluding hydrogens is 264 g/mol. The summed E-state index contributed by atoms with van der Waals surface area (Å²) >= 11 is 0. The molecule has 116 valence electrons. The van der Waals surface area contributed by atoms with Gasteiger partial charge in [0.05, 0.1) is 12.6 Å². The van der Waals surface area contributed by atoms with Gasteiger partial charge < -0.3 is 15.8 Å². The maximum absolute atomic E-state index is 12.2. The van der Waals surface area contributed by atoms with Gasteiger partial charge in [0.15, 0.2) is 0 Å². The van der Waals surface area contributed by atoms with Gasteiger partial charge >= 0.3 is 0 Å². The number of hydrogen-bond donors (Lipinski definition) is 2. The number of rotatable bonds is 5. The largest absolute Gasteiger partial charge is 0.496 e. The molecule has 1 aromatic carbocycles. The Labute approximate surface area is 127 Å². The summed E-state index contributed by atoms with van der Waals surface area (Å²) < 4.78 is 5.32. The van der Waals surface area contributed by atoms with Crippen molar-refractivity contribution < 1.29 is 9.53 Å². The minimum absolute atomic E-state index is 0.00118. The van der Waals surface area contributed by atoms with Crippen LogP contribution in [-0.2, 0) is 11.2 Å². The Hall–Kier alpha value is -1.55. The minimum atomic E-state index is -0.650. The highest BCUT2D eigenvalue weighted by Gasteiger charge is 2.34. The lowest BCUT2D eigenvalue weighted by Crippen LogP contribution is -2.55. The molecule has 1 fully saturated rings. The third-order valence-corrected chi connectivity index (χ3v) is 4.37. The third kappa shape index (κ3) is 3.97. The predicted octanol–water partition coefficient (Wildman–Crippen LogP) is 2.32. The SMILES string of the molecule is COc1cc(CCNC(=O)C2(N)CCCCC2)ccc1C. The number of amides is 1. The fraction of sp³-hybridized carbons (Fsp3) is 0.588. The molecule has 0 unspecified atom stereocenters. The second-order valence-electron chi connectivity index (χ2n) is 6.03. The summed E-state index contributed by atoms with van der Waals surface area (Å²) in [5.41, 5.74) is 7.84. The van der Waals surface area contributed by atoms with Crippen LogP contribution in [-0.4, -0.2) is 25.1 Å². The van der Waals surface area contributed by atoms with Crippen LogP contribution in [0.5, 0.6) is 5.75 Å². The first-order valence-electron chi connectivity index (χ1n) is 7.76. The number of carbonyl (C=O) groups is 1. The maximum atomic E-state index is 12.2. The van der Waals surface area contributed by atoms with Crippen LogP contribution in [0.15, 0.2) is 18.2 Å². The first kappa shape index (κ1) is 15.8. The van der Waals surface area contributed by atoms with E-state index in [1.165, 1.54) is 6.42 Å². The van der Waals surface area contributed by atoms with Gasteiger partial charge in [-0.1, -0.05) is 31.4 Å². The van der Waals surface area contributed by atoms with E-state index in [1.54, 1.807) is 7.11 Å². The van der Waals surface area contributed by atoms with Crippen molar-refractivity contribution in [3.63, 3.8) is 0 Å². The van der Waals surface area contributed by atoms with E-state index in [4.69, 9.17) is 10.5 Å². The van der Waals surface area contributed by atoms with E-state index in [2.05, 4.69) is 11.4 Å². The fourth-order valence-corrected chi connectivity index (χ4v) is 2.93. The van der Waals surface area contributed by atoms with E-state index in [9.17, 15) is 4.79 Å². The lowest BCUT2D eigenvalue weighted by Gasteiger charge is -2.31. The molecular formula is C17H26N2O2. The van der Waals surface area contributed by atoms with Gasteiger partial charge in [0.2, 0.25) is 5.91 Å². The van der Waals surface area contributed by atoms with Crippen LogP contribution in [0.4, 0.5) is 0 Å². The van der Waals surface area contributed by atoms with Crippen LogP contribution >= 0.6 is 0 Å². The zero-order valence-corrected chi connectivity index (χ0v) is 13.1. The lowest BCUT2D eigenvalue weighted by molar-refractivity contribution is -0.127. The summed E-state index contributed by atoms with van der Waals surface area (Å²) in [6.45, 7) is 2.63. The number of benzene rings is 1. The van der Waals surface area contributed by atoms with Crippen LogP contribution in [0.2, 0.25) is 0 Å². The van der Waals surface area contributed by atoms with Gasteiger partial charge in [0.1, 0.15) is 5.75 Å². The molecule has 4 nitrogen and oxygen atoms in total. The highest BCUT2D eigenvalue weighted by molar-refractivity contribution is 5.86. The lowest BCUT2D eigenvalue weighted by atomic mass is 9.82. The molecule has 1 aromatic rings. The second-order valence-corrected chi connectivity index (χ2v) is 6.03. The maximum Gasteiger partial charge on any atom is 0.240 e. The topological polar surface area (TPSA) is 64.3 Å². The molecule has 0 heterocycles. The normalized spacial score (nSPS) is 17.3. The Bertz CT molecular complexity index is 494. The number of hydrogen-bond acceptors (Lipinski definition) is 3. The van der Waals surface area contributed by atoms with Crippen molar-refractivity contribution in [1.29, 1.82) is 0 Å². The molecule has 1 aliphatic carbocycles. The van der Waals surface area contributed by atoms with E-state index < -0.39 is 5.54 Å². The zero-order valence-electron chi connectivity index (χ0n) is 13.1. The van der Waals surface area contributed by atoms with Gasteiger partial charge in [-0.05, 0) is 43.4 Å². The van der Waals surface area contributed by atoms with E-state index in [0.29, 0.717) is 6.54 Å². The minimum Gasteiger partial charge on any atom is -0.496 e. The predicted molar refractivity (Wildman–Crippen MR) is 84.4 cm³/mol. The van der Waals surface area contributed by atoms with Gasteiger partial charge in [-0.3, -0.25) is 4.79 Å². The Morgan fingerprint density at radius 3 is 2.71 bits per heavy atom. The summed E-state index contributed by atoms with van der Waals surface area (Å²) in [5.74, 6) is 0.891. The van der Waals surface area contributed by atoms with Crippen molar-refractivity contribution in [3.8, 4) is 5.75 Å². The van der Waals surface area contributed by atoms with Crippen LogP contribution in [0.25, 0.3) is 0 Å². The molecule has 21 heavy (non-hydrogen) atoms. The number of carbonyl (C=O) groups excluding carboxylic acids is 1. The molecule has 2 rings (SSSR count). The Kier molecular flexibility index (Phi) is 5.23. The van der Waals surface area contributed by atoms with Gasteiger partial charge in [0, 0.05) is 6.54 Å². The number of ether oxygens (including phenoxy) is 1. The summed E-state index contributed by atoms with van der Waals surface area (Å²) in [5, 5.41) is 2.99. The molecule has 0 atom stereocenters. The molecule has 0 spiro atoms. The van der Waals surface area contributed by atoms with Crippen LogP contribution < -0.4 is 15.8 Å². The first-order valence-corrected chi connectivity index (χ1v) is 7.76. The molecule has 1 amide bonds. The van der Waals surface area contributed by atoms with E-state index >= 15 is 0 Å². The van der Waals surface area contributed by atoms with Crippen LogP contribution in [0, 0.1) is 6.92 Å². The number of aryl methyl sites for hydroxylation is 1. The van der Waals surface area contributed by atoms with Crippen molar-refractivity contribution in [2.45, 2.75) is 51.0 Å².